The maximum absolute atomic E-state index is 4.67. The third-order valence-corrected chi connectivity index (χ3v) is 6.28. The van der Waals surface area contributed by atoms with Crippen LogP contribution in [0.25, 0.3) is 50.3 Å². The average molecular weight is 504 g/mol. The number of aromatic amines is 2. The highest BCUT2D eigenvalue weighted by Gasteiger charge is 2.16. The molecule has 3 N–H and O–H groups in total. The molecule has 6 rings (SSSR count). The summed E-state index contributed by atoms with van der Waals surface area (Å²) in [6.45, 7) is 12.7. The highest BCUT2D eigenvalue weighted by molar-refractivity contribution is 5.98. The molecule has 0 amide bonds. The number of aromatic nitrogens is 8. The number of nitrogens with one attached hydrogen (secondary N) is 3. The molecule has 0 aliphatic carbocycles. The first-order valence-electron chi connectivity index (χ1n) is 12.5. The lowest BCUT2D eigenvalue weighted by molar-refractivity contribution is 0.411. The van der Waals surface area contributed by atoms with Gasteiger partial charge in [-0.1, -0.05) is 27.4 Å². The van der Waals surface area contributed by atoms with Crippen molar-refractivity contribution in [3.8, 4) is 28.5 Å². The van der Waals surface area contributed by atoms with Gasteiger partial charge in [-0.25, -0.2) is 9.97 Å². The number of hydrogen-bond acceptors (Lipinski definition) is 6. The molecule has 0 aliphatic heterocycles. The van der Waals surface area contributed by atoms with Gasteiger partial charge in [0.05, 0.1) is 46.2 Å². The first-order chi connectivity index (χ1) is 18.2. The third kappa shape index (κ3) is 4.54. The van der Waals surface area contributed by atoms with E-state index in [1.54, 1.807) is 18.7 Å². The van der Waals surface area contributed by atoms with E-state index in [-0.39, 0.29) is 5.41 Å². The van der Waals surface area contributed by atoms with Gasteiger partial charge in [-0.2, -0.15) is 5.10 Å². The number of imidazole rings is 1. The molecular weight excluding hydrogens is 474 g/mol. The summed E-state index contributed by atoms with van der Waals surface area (Å²) in [5.41, 5.74) is 8.17. The van der Waals surface area contributed by atoms with E-state index in [4.69, 9.17) is 0 Å². The largest absolute Gasteiger partial charge is 0.358 e. The first kappa shape index (κ1) is 23.6. The summed E-state index contributed by atoms with van der Waals surface area (Å²) in [5.74, 6) is 0.816. The molecule has 0 saturated heterocycles. The quantitative estimate of drug-likeness (QED) is 0.242. The van der Waals surface area contributed by atoms with Crippen molar-refractivity contribution in [2.75, 3.05) is 5.32 Å². The number of pyridine rings is 3. The molecular formula is C29H29N9. The number of fused-ring (bicyclic) bond motifs is 2. The lowest BCUT2D eigenvalue weighted by Crippen LogP contribution is -2.10. The van der Waals surface area contributed by atoms with E-state index in [1.807, 2.05) is 48.3 Å². The summed E-state index contributed by atoms with van der Waals surface area (Å²) in [7, 11) is 0. The Balaban J connectivity index is 1.36. The Morgan fingerprint density at radius 2 is 1.89 bits per heavy atom. The van der Waals surface area contributed by atoms with Gasteiger partial charge in [0, 0.05) is 40.6 Å². The van der Waals surface area contributed by atoms with Crippen molar-refractivity contribution < 1.29 is 0 Å². The maximum atomic E-state index is 4.67. The highest BCUT2D eigenvalue weighted by Crippen LogP contribution is 2.33. The lowest BCUT2D eigenvalue weighted by Gasteiger charge is -2.20. The predicted octanol–water partition coefficient (Wildman–Crippen LogP) is 6.42. The minimum absolute atomic E-state index is 0.149. The molecule has 190 valence electrons. The molecule has 6 heterocycles. The van der Waals surface area contributed by atoms with Crippen LogP contribution in [-0.2, 0) is 0 Å². The van der Waals surface area contributed by atoms with E-state index < -0.39 is 0 Å². The second-order valence-electron chi connectivity index (χ2n) is 10.8. The van der Waals surface area contributed by atoms with Gasteiger partial charge in [-0.15, -0.1) is 0 Å². The van der Waals surface area contributed by atoms with Crippen LogP contribution in [0, 0.1) is 12.3 Å². The highest BCUT2D eigenvalue weighted by atomic mass is 15.1. The Bertz CT molecular complexity index is 1800. The molecule has 0 atom stereocenters. The summed E-state index contributed by atoms with van der Waals surface area (Å²) in [6.07, 6.45) is 11.8. The van der Waals surface area contributed by atoms with Gasteiger partial charge in [0.2, 0.25) is 0 Å². The van der Waals surface area contributed by atoms with E-state index in [0.29, 0.717) is 0 Å². The minimum Gasteiger partial charge on any atom is -0.358 e. The molecule has 0 saturated carbocycles. The SMILES string of the molecule is C=C(CC(C)(C)C)Nc1cncc(-c2cc3c(-c4cc5c(-n6cnc(C)c6)nccc5[nH]4)n[nH]c3cn2)c1. The molecule has 9 heteroatoms. The Hall–Kier alpha value is -4.79. The van der Waals surface area contributed by atoms with Gasteiger partial charge >= 0.3 is 0 Å². The van der Waals surface area contributed by atoms with E-state index >= 15 is 0 Å². The number of nitrogens with zero attached hydrogens (tertiary/aromatic N) is 6. The molecule has 0 aliphatic rings. The van der Waals surface area contributed by atoms with E-state index in [0.717, 1.165) is 73.8 Å². The second kappa shape index (κ2) is 8.95. The fraction of sp³-hybridized carbons (Fsp3) is 0.207. The van der Waals surface area contributed by atoms with Gasteiger partial charge in [-0.05, 0) is 43.0 Å². The summed E-state index contributed by atoms with van der Waals surface area (Å²) < 4.78 is 1.93. The lowest BCUT2D eigenvalue weighted by atomic mass is 9.91. The van der Waals surface area contributed by atoms with Crippen LogP contribution in [0.3, 0.4) is 0 Å². The van der Waals surface area contributed by atoms with Gasteiger partial charge < -0.3 is 10.3 Å². The molecule has 0 fully saturated rings. The van der Waals surface area contributed by atoms with Gasteiger partial charge in [0.15, 0.2) is 0 Å². The number of allylic oxidation sites excluding steroid dienone is 1. The summed E-state index contributed by atoms with van der Waals surface area (Å²) in [4.78, 5) is 21.6. The summed E-state index contributed by atoms with van der Waals surface area (Å²) in [6, 6.07) is 8.13. The van der Waals surface area contributed by atoms with Crippen LogP contribution in [0.2, 0.25) is 0 Å². The third-order valence-electron chi connectivity index (χ3n) is 6.28. The monoisotopic (exact) mass is 503 g/mol. The number of hydrogen-bond donors (Lipinski definition) is 3. The van der Waals surface area contributed by atoms with Gasteiger partial charge in [0.25, 0.3) is 0 Å². The molecule has 6 aromatic heterocycles. The van der Waals surface area contributed by atoms with Crippen molar-refractivity contribution in [2.45, 2.75) is 34.1 Å². The first-order valence-corrected chi connectivity index (χ1v) is 12.5. The summed E-state index contributed by atoms with van der Waals surface area (Å²) in [5, 5.41) is 13.1. The Morgan fingerprint density at radius 3 is 2.68 bits per heavy atom. The van der Waals surface area contributed by atoms with Gasteiger partial charge in [-0.3, -0.25) is 19.6 Å². The van der Waals surface area contributed by atoms with E-state index in [2.05, 4.69) is 73.9 Å². The van der Waals surface area contributed by atoms with Crippen molar-refractivity contribution in [1.82, 2.24) is 39.7 Å². The molecule has 9 nitrogen and oxygen atoms in total. The van der Waals surface area contributed by atoms with Crippen molar-refractivity contribution in [1.29, 1.82) is 0 Å². The van der Waals surface area contributed by atoms with Crippen LogP contribution >= 0.6 is 0 Å². The van der Waals surface area contributed by atoms with Crippen molar-refractivity contribution in [3.05, 3.63) is 79.5 Å². The van der Waals surface area contributed by atoms with Crippen molar-refractivity contribution in [3.63, 3.8) is 0 Å². The van der Waals surface area contributed by atoms with E-state index in [1.165, 1.54) is 0 Å². The zero-order chi connectivity index (χ0) is 26.4. The number of anilines is 1. The standard InChI is InChI=1S/C29H29N9/c1-17(11-29(3,4)5)34-20-8-19(12-30-13-20)24-9-21-26(14-32-24)36-37-27(21)25-10-22-23(35-25)6-7-31-28(22)38-15-18(2)33-16-38/h6-10,12-16,34-35H,1,11H2,2-5H3,(H,36,37). The molecule has 0 unspecified atom stereocenters. The topological polar surface area (TPSA) is 113 Å². The van der Waals surface area contributed by atoms with Crippen molar-refractivity contribution >= 4 is 27.5 Å². The molecule has 0 spiro atoms. The Labute approximate surface area is 220 Å². The Kier molecular flexibility index (Phi) is 5.56. The zero-order valence-electron chi connectivity index (χ0n) is 21.9. The number of aryl methyl sites for hydroxylation is 1. The van der Waals surface area contributed by atoms with E-state index in [9.17, 15) is 0 Å². The van der Waals surface area contributed by atoms with Crippen LogP contribution in [0.15, 0.2) is 73.9 Å². The van der Waals surface area contributed by atoms with Crippen molar-refractivity contribution in [2.24, 2.45) is 5.41 Å². The predicted molar refractivity (Wildman–Crippen MR) is 151 cm³/mol. The number of rotatable bonds is 6. The van der Waals surface area contributed by atoms with Gasteiger partial charge in [0.1, 0.15) is 17.8 Å². The molecule has 38 heavy (non-hydrogen) atoms. The fourth-order valence-corrected chi connectivity index (χ4v) is 4.73. The molecule has 6 aromatic rings. The van der Waals surface area contributed by atoms with Crippen LogP contribution < -0.4 is 5.32 Å². The van der Waals surface area contributed by atoms with Crippen LogP contribution in [-0.4, -0.2) is 39.7 Å². The molecule has 0 bridgehead atoms. The zero-order valence-corrected chi connectivity index (χ0v) is 21.9. The minimum atomic E-state index is 0.149. The fourth-order valence-electron chi connectivity index (χ4n) is 4.73. The van der Waals surface area contributed by atoms with Crippen LogP contribution in [0.4, 0.5) is 5.69 Å². The van der Waals surface area contributed by atoms with Crippen LogP contribution in [0.5, 0.6) is 0 Å². The normalized spacial score (nSPS) is 11.9. The average Bonchev–Trinajstić information content (AvgIpc) is 3.60. The summed E-state index contributed by atoms with van der Waals surface area (Å²) >= 11 is 0. The van der Waals surface area contributed by atoms with Crippen LogP contribution in [0.1, 0.15) is 32.9 Å². The molecule has 0 aromatic carbocycles. The molecule has 0 radical (unpaired) electrons. The smallest absolute Gasteiger partial charge is 0.147 e. The maximum Gasteiger partial charge on any atom is 0.147 e. The second-order valence-corrected chi connectivity index (χ2v) is 10.8. The number of H-pyrrole nitrogens is 2. The Morgan fingerprint density at radius 1 is 1.03 bits per heavy atom.